The Morgan fingerprint density at radius 3 is 2.72 bits per heavy atom. The van der Waals surface area contributed by atoms with Crippen LogP contribution < -0.4 is 14.8 Å². The Morgan fingerprint density at radius 2 is 1.92 bits per heavy atom. The fourth-order valence-electron chi connectivity index (χ4n) is 2.82. The van der Waals surface area contributed by atoms with E-state index < -0.39 is 0 Å². The van der Waals surface area contributed by atoms with E-state index in [0.29, 0.717) is 0 Å². The highest BCUT2D eigenvalue weighted by molar-refractivity contribution is 7.98. The summed E-state index contributed by atoms with van der Waals surface area (Å²) in [5.74, 6) is 2.40. The molecule has 0 saturated heterocycles. The topological polar surface area (TPSA) is 48.3 Å². The number of nitrogens with one attached hydrogen (secondary N) is 1. The van der Waals surface area contributed by atoms with Crippen molar-refractivity contribution < 1.29 is 9.47 Å². The van der Waals surface area contributed by atoms with Gasteiger partial charge in [-0.25, -0.2) is 4.98 Å². The van der Waals surface area contributed by atoms with Gasteiger partial charge in [-0.15, -0.1) is 11.8 Å². The van der Waals surface area contributed by atoms with Gasteiger partial charge in [0.05, 0.1) is 11.9 Å². The Bertz CT molecular complexity index is 890. The molecule has 1 aliphatic heterocycles. The van der Waals surface area contributed by atoms with Crippen molar-refractivity contribution >= 4 is 17.7 Å². The van der Waals surface area contributed by atoms with E-state index in [1.54, 1.807) is 11.8 Å². The molecular weight excluding hydrogens is 334 g/mol. The smallest absolute Gasteiger partial charge is 0.231 e. The largest absolute Gasteiger partial charge is 0.454 e. The Morgan fingerprint density at radius 1 is 1.12 bits per heavy atom. The quantitative estimate of drug-likeness (QED) is 0.698. The zero-order valence-electron chi connectivity index (χ0n) is 14.2. The van der Waals surface area contributed by atoms with Crippen LogP contribution in [0.15, 0.2) is 53.6 Å². The molecule has 1 aromatic heterocycles. The average Bonchev–Trinajstić information content (AvgIpc) is 3.26. The van der Waals surface area contributed by atoms with Crippen LogP contribution in [0.2, 0.25) is 0 Å². The third-order valence-electron chi connectivity index (χ3n) is 4.27. The predicted molar refractivity (Wildman–Crippen MR) is 100 cm³/mol. The summed E-state index contributed by atoms with van der Waals surface area (Å²) in [6.45, 7) is 1.02. The molecule has 1 aliphatic rings. The van der Waals surface area contributed by atoms with E-state index in [1.165, 1.54) is 10.5 Å². The Balaban J connectivity index is 1.50. The summed E-state index contributed by atoms with van der Waals surface area (Å²) in [6, 6.07) is 14.5. The summed E-state index contributed by atoms with van der Waals surface area (Å²) >= 11 is 1.75. The number of fused-ring (bicyclic) bond motifs is 1. The molecule has 0 radical (unpaired) electrons. The molecule has 128 valence electrons. The highest BCUT2D eigenvalue weighted by Gasteiger charge is 2.16. The fraction of sp³-hybridized carbons (Fsp3) is 0.211. The first-order valence-electron chi connectivity index (χ1n) is 8.03. The minimum atomic E-state index is 0.284. The fourth-order valence-corrected chi connectivity index (χ4v) is 3.23. The third kappa shape index (κ3) is 3.17. The molecule has 25 heavy (non-hydrogen) atoms. The average molecular weight is 353 g/mol. The number of aromatic nitrogens is 2. The molecule has 0 bridgehead atoms. The summed E-state index contributed by atoms with van der Waals surface area (Å²) in [5.41, 5.74) is 3.31. The van der Waals surface area contributed by atoms with E-state index in [1.807, 2.05) is 36.0 Å². The van der Waals surface area contributed by atoms with E-state index in [-0.39, 0.29) is 6.79 Å². The lowest BCUT2D eigenvalue weighted by Crippen LogP contribution is -2.05. The van der Waals surface area contributed by atoms with Gasteiger partial charge < -0.3 is 19.4 Å². The lowest BCUT2D eigenvalue weighted by atomic mass is 10.1. The number of imidazole rings is 1. The maximum absolute atomic E-state index is 5.46. The molecule has 4 rings (SSSR count). The second-order valence-corrected chi connectivity index (χ2v) is 6.68. The molecule has 0 fully saturated rings. The number of hydrogen-bond acceptors (Lipinski definition) is 5. The van der Waals surface area contributed by atoms with Gasteiger partial charge >= 0.3 is 0 Å². The van der Waals surface area contributed by atoms with E-state index in [9.17, 15) is 0 Å². The van der Waals surface area contributed by atoms with Gasteiger partial charge in [0.15, 0.2) is 11.5 Å². The van der Waals surface area contributed by atoms with Crippen LogP contribution in [0.25, 0.3) is 11.3 Å². The molecular formula is C19H19N3O2S. The molecule has 6 heteroatoms. The van der Waals surface area contributed by atoms with Gasteiger partial charge in [-0.1, -0.05) is 12.1 Å². The van der Waals surface area contributed by atoms with Crippen LogP contribution in [0.4, 0.5) is 5.95 Å². The monoisotopic (exact) mass is 353 g/mol. The minimum Gasteiger partial charge on any atom is -0.454 e. The van der Waals surface area contributed by atoms with Crippen LogP contribution in [0.5, 0.6) is 11.5 Å². The van der Waals surface area contributed by atoms with Gasteiger partial charge in [-0.05, 0) is 42.2 Å². The number of benzene rings is 2. The zero-order chi connectivity index (χ0) is 17.2. The van der Waals surface area contributed by atoms with Gasteiger partial charge in [-0.3, -0.25) is 0 Å². The van der Waals surface area contributed by atoms with E-state index >= 15 is 0 Å². The van der Waals surface area contributed by atoms with Crippen LogP contribution in [0.3, 0.4) is 0 Å². The highest BCUT2D eigenvalue weighted by Crippen LogP contribution is 2.36. The number of nitrogens with zero attached hydrogens (tertiary/aromatic N) is 2. The number of ether oxygens (including phenoxy) is 2. The molecule has 0 atom stereocenters. The summed E-state index contributed by atoms with van der Waals surface area (Å²) in [6.07, 6.45) is 3.95. The van der Waals surface area contributed by atoms with Crippen molar-refractivity contribution in [1.29, 1.82) is 0 Å². The SMILES string of the molecule is CSc1ccc(CNc2ncc(-c3ccc4c(c3)OCO4)n2C)cc1. The number of anilines is 1. The van der Waals surface area contributed by atoms with Crippen LogP contribution in [-0.4, -0.2) is 22.6 Å². The van der Waals surface area contributed by atoms with E-state index in [2.05, 4.69) is 40.8 Å². The first-order chi connectivity index (χ1) is 12.2. The van der Waals surface area contributed by atoms with E-state index in [4.69, 9.17) is 9.47 Å². The van der Waals surface area contributed by atoms with Crippen LogP contribution >= 0.6 is 11.8 Å². The van der Waals surface area contributed by atoms with Crippen LogP contribution in [0, 0.1) is 0 Å². The van der Waals surface area contributed by atoms with Crippen molar-refractivity contribution in [3.63, 3.8) is 0 Å². The van der Waals surface area contributed by atoms with Crippen LogP contribution in [0.1, 0.15) is 5.56 Å². The lowest BCUT2D eigenvalue weighted by molar-refractivity contribution is 0.174. The second kappa shape index (κ2) is 6.72. The Hall–Kier alpha value is -2.60. The maximum Gasteiger partial charge on any atom is 0.231 e. The normalized spacial score (nSPS) is 12.4. The predicted octanol–water partition coefficient (Wildman–Crippen LogP) is 4.15. The third-order valence-corrected chi connectivity index (χ3v) is 5.01. The minimum absolute atomic E-state index is 0.284. The first kappa shape index (κ1) is 15.9. The number of thioether (sulfide) groups is 1. The van der Waals surface area contributed by atoms with Crippen molar-refractivity contribution in [2.45, 2.75) is 11.4 Å². The summed E-state index contributed by atoms with van der Waals surface area (Å²) in [7, 11) is 2.01. The molecule has 2 aromatic carbocycles. The number of rotatable bonds is 5. The molecule has 3 aromatic rings. The Kier molecular flexibility index (Phi) is 4.28. The van der Waals surface area contributed by atoms with Crippen molar-refractivity contribution in [1.82, 2.24) is 9.55 Å². The molecule has 0 spiro atoms. The van der Waals surface area contributed by atoms with Gasteiger partial charge in [0.1, 0.15) is 0 Å². The molecule has 1 N–H and O–H groups in total. The molecule has 0 aliphatic carbocycles. The zero-order valence-corrected chi connectivity index (χ0v) is 15.0. The van der Waals surface area contributed by atoms with Crippen molar-refractivity contribution in [2.24, 2.45) is 7.05 Å². The molecule has 5 nitrogen and oxygen atoms in total. The van der Waals surface area contributed by atoms with Crippen LogP contribution in [-0.2, 0) is 13.6 Å². The first-order valence-corrected chi connectivity index (χ1v) is 9.25. The maximum atomic E-state index is 5.46. The van der Waals surface area contributed by atoms with Gasteiger partial charge in [0.2, 0.25) is 12.7 Å². The number of hydrogen-bond donors (Lipinski definition) is 1. The van der Waals surface area contributed by atoms with E-state index in [0.717, 1.165) is 35.2 Å². The molecule has 2 heterocycles. The van der Waals surface area contributed by atoms with Crippen molar-refractivity contribution in [2.75, 3.05) is 18.4 Å². The Labute approximate surface area is 151 Å². The highest BCUT2D eigenvalue weighted by atomic mass is 32.2. The molecule has 0 unspecified atom stereocenters. The van der Waals surface area contributed by atoms with Crippen molar-refractivity contribution in [3.8, 4) is 22.8 Å². The summed E-state index contributed by atoms with van der Waals surface area (Å²) in [4.78, 5) is 5.78. The van der Waals surface area contributed by atoms with Gasteiger partial charge in [0.25, 0.3) is 0 Å². The lowest BCUT2D eigenvalue weighted by Gasteiger charge is -2.09. The molecule has 0 amide bonds. The second-order valence-electron chi connectivity index (χ2n) is 5.80. The van der Waals surface area contributed by atoms with Crippen molar-refractivity contribution in [3.05, 3.63) is 54.2 Å². The van der Waals surface area contributed by atoms with Gasteiger partial charge in [0, 0.05) is 24.1 Å². The summed E-state index contributed by atoms with van der Waals surface area (Å²) in [5, 5.41) is 3.40. The standard InChI is InChI=1S/C19H19N3O2S/c1-22-16(14-5-8-17-18(9-14)24-12-23-17)11-21-19(22)20-10-13-3-6-15(25-2)7-4-13/h3-9,11H,10,12H2,1-2H3,(H,20,21). The van der Waals surface area contributed by atoms with Gasteiger partial charge in [-0.2, -0.15) is 0 Å². The molecule has 0 saturated carbocycles. The summed E-state index contributed by atoms with van der Waals surface area (Å²) < 4.78 is 12.9.